The van der Waals surface area contributed by atoms with E-state index in [4.69, 9.17) is 5.73 Å². The maximum Gasteiger partial charge on any atom is 0.433 e. The second-order valence-electron chi connectivity index (χ2n) is 6.56. The van der Waals surface area contributed by atoms with E-state index in [2.05, 4.69) is 15.1 Å². The van der Waals surface area contributed by atoms with Crippen LogP contribution in [0, 0.1) is 0 Å². The Hall–Kier alpha value is -3.83. The van der Waals surface area contributed by atoms with Crippen molar-refractivity contribution in [3.63, 3.8) is 0 Å². The summed E-state index contributed by atoms with van der Waals surface area (Å²) in [6, 6.07) is 6.39. The number of aromatic nitrogens is 5. The third kappa shape index (κ3) is 3.96. The van der Waals surface area contributed by atoms with Crippen molar-refractivity contribution < 1.29 is 26.7 Å². The SMILES string of the molecule is NC(=O)c1cnc2ccc(-c3cn(CC(F)F)nc3-c3cccc(C(F)(F)F)n3)cn12. The third-order valence-electron chi connectivity index (χ3n) is 4.44. The Morgan fingerprint density at radius 2 is 1.90 bits per heavy atom. The molecule has 160 valence electrons. The van der Waals surface area contributed by atoms with Gasteiger partial charge < -0.3 is 5.73 Å². The van der Waals surface area contributed by atoms with Crippen LogP contribution in [0.3, 0.4) is 0 Å². The number of nitrogens with zero attached hydrogens (tertiary/aromatic N) is 5. The van der Waals surface area contributed by atoms with Crippen LogP contribution in [-0.4, -0.2) is 36.5 Å². The minimum Gasteiger partial charge on any atom is -0.364 e. The molecule has 0 saturated carbocycles. The van der Waals surface area contributed by atoms with Gasteiger partial charge in [0.1, 0.15) is 29.3 Å². The molecule has 4 heterocycles. The molecule has 0 aromatic carbocycles. The normalized spacial score (nSPS) is 12.1. The third-order valence-corrected chi connectivity index (χ3v) is 4.44. The van der Waals surface area contributed by atoms with Crippen molar-refractivity contribution >= 4 is 11.6 Å². The number of pyridine rings is 2. The van der Waals surface area contributed by atoms with Gasteiger partial charge in [-0.1, -0.05) is 6.07 Å². The summed E-state index contributed by atoms with van der Waals surface area (Å²) in [5, 5.41) is 4.04. The van der Waals surface area contributed by atoms with Gasteiger partial charge in [0, 0.05) is 23.5 Å². The number of hydrogen-bond acceptors (Lipinski definition) is 4. The van der Waals surface area contributed by atoms with Gasteiger partial charge in [-0.2, -0.15) is 18.3 Å². The van der Waals surface area contributed by atoms with E-state index in [1.165, 1.54) is 29.1 Å². The fraction of sp³-hybridized carbons (Fsp3) is 0.158. The molecular weight excluding hydrogens is 423 g/mol. The molecule has 0 bridgehead atoms. The van der Waals surface area contributed by atoms with Crippen LogP contribution in [0.25, 0.3) is 28.2 Å². The van der Waals surface area contributed by atoms with E-state index >= 15 is 0 Å². The summed E-state index contributed by atoms with van der Waals surface area (Å²) >= 11 is 0. The van der Waals surface area contributed by atoms with E-state index in [0.717, 1.165) is 16.8 Å². The second kappa shape index (κ2) is 7.45. The lowest BCUT2D eigenvalue weighted by molar-refractivity contribution is -0.141. The first kappa shape index (κ1) is 20.4. The van der Waals surface area contributed by atoms with E-state index in [0.29, 0.717) is 11.2 Å². The van der Waals surface area contributed by atoms with E-state index in [-0.39, 0.29) is 22.6 Å². The first-order chi connectivity index (χ1) is 14.6. The van der Waals surface area contributed by atoms with Crippen molar-refractivity contribution in [3.05, 3.63) is 60.3 Å². The summed E-state index contributed by atoms with van der Waals surface area (Å²) < 4.78 is 67.4. The number of rotatable bonds is 5. The Balaban J connectivity index is 1.90. The smallest absolute Gasteiger partial charge is 0.364 e. The molecule has 1 amide bonds. The van der Waals surface area contributed by atoms with Gasteiger partial charge in [0.15, 0.2) is 0 Å². The molecule has 0 spiro atoms. The molecule has 0 unspecified atom stereocenters. The number of hydrogen-bond donors (Lipinski definition) is 1. The highest BCUT2D eigenvalue weighted by atomic mass is 19.4. The van der Waals surface area contributed by atoms with Crippen LogP contribution in [-0.2, 0) is 12.7 Å². The lowest BCUT2D eigenvalue weighted by Crippen LogP contribution is -2.13. The van der Waals surface area contributed by atoms with E-state index in [1.54, 1.807) is 12.1 Å². The van der Waals surface area contributed by atoms with Crippen LogP contribution in [0.15, 0.2) is 48.9 Å². The summed E-state index contributed by atoms with van der Waals surface area (Å²) in [5.74, 6) is -0.738. The van der Waals surface area contributed by atoms with Crippen molar-refractivity contribution in [1.82, 2.24) is 24.1 Å². The molecule has 0 aliphatic carbocycles. The fourth-order valence-corrected chi connectivity index (χ4v) is 3.10. The largest absolute Gasteiger partial charge is 0.433 e. The van der Waals surface area contributed by atoms with Gasteiger partial charge in [0.2, 0.25) is 0 Å². The molecule has 31 heavy (non-hydrogen) atoms. The van der Waals surface area contributed by atoms with Gasteiger partial charge in [-0.05, 0) is 24.3 Å². The van der Waals surface area contributed by atoms with Crippen LogP contribution in [0.1, 0.15) is 16.2 Å². The number of nitrogens with two attached hydrogens (primary N) is 1. The van der Waals surface area contributed by atoms with Crippen LogP contribution in [0.4, 0.5) is 22.0 Å². The molecule has 0 aliphatic heterocycles. The highest BCUT2D eigenvalue weighted by molar-refractivity contribution is 5.92. The fourth-order valence-electron chi connectivity index (χ4n) is 3.10. The highest BCUT2D eigenvalue weighted by Crippen LogP contribution is 2.33. The molecule has 4 aromatic rings. The number of halogens is 5. The molecule has 0 radical (unpaired) electrons. The molecule has 0 aliphatic rings. The first-order valence-corrected chi connectivity index (χ1v) is 8.81. The van der Waals surface area contributed by atoms with E-state index in [9.17, 15) is 26.7 Å². The zero-order valence-electron chi connectivity index (χ0n) is 15.5. The summed E-state index contributed by atoms with van der Waals surface area (Å²) in [6.45, 7) is -0.758. The zero-order valence-corrected chi connectivity index (χ0v) is 15.5. The number of carbonyl (C=O) groups is 1. The number of primary amides is 1. The Morgan fingerprint density at radius 3 is 2.58 bits per heavy atom. The maximum absolute atomic E-state index is 13.1. The van der Waals surface area contributed by atoms with Crippen molar-refractivity contribution in [1.29, 1.82) is 0 Å². The average molecular weight is 436 g/mol. The molecule has 4 rings (SSSR count). The summed E-state index contributed by atoms with van der Waals surface area (Å²) in [4.78, 5) is 19.3. The number of imidazole rings is 1. The minimum atomic E-state index is -4.69. The van der Waals surface area contributed by atoms with Gasteiger partial charge in [0.25, 0.3) is 12.3 Å². The van der Waals surface area contributed by atoms with E-state index in [1.807, 2.05) is 0 Å². The molecule has 4 aromatic heterocycles. The quantitative estimate of drug-likeness (QED) is 0.484. The lowest BCUT2D eigenvalue weighted by atomic mass is 10.1. The Morgan fingerprint density at radius 1 is 1.13 bits per heavy atom. The van der Waals surface area contributed by atoms with Gasteiger partial charge >= 0.3 is 6.18 Å². The van der Waals surface area contributed by atoms with Gasteiger partial charge in [-0.15, -0.1) is 0 Å². The molecule has 0 fully saturated rings. The highest BCUT2D eigenvalue weighted by Gasteiger charge is 2.33. The predicted octanol–water partition coefficient (Wildman–Crippen LogP) is 3.64. The zero-order chi connectivity index (χ0) is 22.3. The van der Waals surface area contributed by atoms with Gasteiger partial charge in [0.05, 0.1) is 11.9 Å². The van der Waals surface area contributed by atoms with Crippen molar-refractivity contribution in [2.45, 2.75) is 19.1 Å². The molecule has 0 atom stereocenters. The van der Waals surface area contributed by atoms with Crippen LogP contribution < -0.4 is 5.73 Å². The van der Waals surface area contributed by atoms with Gasteiger partial charge in [-0.3, -0.25) is 13.9 Å². The van der Waals surface area contributed by atoms with Gasteiger partial charge in [-0.25, -0.2) is 18.7 Å². The number of fused-ring (bicyclic) bond motifs is 1. The van der Waals surface area contributed by atoms with Crippen LogP contribution >= 0.6 is 0 Å². The second-order valence-corrected chi connectivity index (χ2v) is 6.56. The Labute approximate surface area is 170 Å². The minimum absolute atomic E-state index is 0.0214. The Bertz CT molecular complexity index is 1280. The summed E-state index contributed by atoms with van der Waals surface area (Å²) in [7, 11) is 0. The lowest BCUT2D eigenvalue weighted by Gasteiger charge is -2.08. The Kier molecular flexibility index (Phi) is 4.91. The first-order valence-electron chi connectivity index (χ1n) is 8.81. The molecule has 0 saturated heterocycles. The predicted molar refractivity (Wildman–Crippen MR) is 99.2 cm³/mol. The maximum atomic E-state index is 13.1. The molecular formula is C19H13F5N6O. The van der Waals surface area contributed by atoms with Crippen molar-refractivity contribution in [3.8, 4) is 22.5 Å². The van der Waals surface area contributed by atoms with Crippen LogP contribution in [0.2, 0.25) is 0 Å². The molecule has 7 nitrogen and oxygen atoms in total. The number of carbonyl (C=O) groups excluding carboxylic acids is 1. The summed E-state index contributed by atoms with van der Waals surface area (Å²) in [5.41, 5.74) is 5.15. The number of alkyl halides is 5. The van der Waals surface area contributed by atoms with Crippen molar-refractivity contribution in [2.24, 2.45) is 5.73 Å². The topological polar surface area (TPSA) is 91.1 Å². The van der Waals surface area contributed by atoms with Crippen molar-refractivity contribution in [2.75, 3.05) is 0 Å². The molecule has 2 N–H and O–H groups in total. The van der Waals surface area contributed by atoms with Crippen LogP contribution in [0.5, 0.6) is 0 Å². The monoisotopic (exact) mass is 436 g/mol. The summed E-state index contributed by atoms with van der Waals surface area (Å²) in [6.07, 6.45) is -3.38. The van der Waals surface area contributed by atoms with E-state index < -0.39 is 30.7 Å². The standard InChI is InChI=1S/C19H13F5N6O/c20-15(21)9-29-8-11(10-4-5-16-26-6-13(18(25)31)30(16)7-10)17(28-29)12-2-1-3-14(27-12)19(22,23)24/h1-8,15H,9H2,(H2,25,31). The number of amides is 1. The average Bonchev–Trinajstić information content (AvgIpc) is 3.30. The molecule has 12 heteroatoms.